The number of aromatic nitrogens is 5. The Balaban J connectivity index is 1.57. The van der Waals surface area contributed by atoms with Gasteiger partial charge in [-0.1, -0.05) is 17.7 Å². The standard InChI is InChI=1S/C17H19N5O2/c1-12-5-6-16(13(2)8-12)24-11-15(23)10-22-20-17(19-21-22)14-4-3-7-18-9-14/h3-9,15,23H,10-11H2,1-2H3. The van der Waals surface area contributed by atoms with Gasteiger partial charge in [0.25, 0.3) is 0 Å². The van der Waals surface area contributed by atoms with Crippen LogP contribution in [-0.2, 0) is 6.54 Å². The lowest BCUT2D eigenvalue weighted by molar-refractivity contribution is 0.0847. The predicted octanol–water partition coefficient (Wildman–Crippen LogP) is 1.79. The van der Waals surface area contributed by atoms with E-state index in [-0.39, 0.29) is 13.2 Å². The first kappa shape index (κ1) is 16.1. The number of aliphatic hydroxyl groups excluding tert-OH is 1. The molecule has 7 heteroatoms. The number of ether oxygens (including phenoxy) is 1. The first-order valence-corrected chi connectivity index (χ1v) is 7.68. The molecule has 2 heterocycles. The highest BCUT2D eigenvalue weighted by molar-refractivity contribution is 5.51. The van der Waals surface area contributed by atoms with Crippen LogP contribution < -0.4 is 4.74 Å². The molecule has 1 aromatic carbocycles. The van der Waals surface area contributed by atoms with Crippen LogP contribution in [0.25, 0.3) is 11.4 Å². The van der Waals surface area contributed by atoms with Gasteiger partial charge in [-0.25, -0.2) is 0 Å². The zero-order valence-electron chi connectivity index (χ0n) is 13.6. The van der Waals surface area contributed by atoms with Gasteiger partial charge in [0.2, 0.25) is 5.82 Å². The first-order valence-electron chi connectivity index (χ1n) is 7.68. The number of benzene rings is 1. The van der Waals surface area contributed by atoms with E-state index >= 15 is 0 Å². The molecule has 1 N–H and O–H groups in total. The minimum atomic E-state index is -0.735. The lowest BCUT2D eigenvalue weighted by atomic mass is 10.1. The summed E-state index contributed by atoms with van der Waals surface area (Å²) in [6.07, 6.45) is 2.62. The third-order valence-corrected chi connectivity index (χ3v) is 3.51. The second-order valence-electron chi connectivity index (χ2n) is 5.64. The summed E-state index contributed by atoms with van der Waals surface area (Å²) < 4.78 is 5.67. The third-order valence-electron chi connectivity index (χ3n) is 3.51. The van der Waals surface area contributed by atoms with E-state index in [1.807, 2.05) is 44.2 Å². The van der Waals surface area contributed by atoms with E-state index in [4.69, 9.17) is 4.74 Å². The second kappa shape index (κ2) is 7.18. The summed E-state index contributed by atoms with van der Waals surface area (Å²) in [4.78, 5) is 5.38. The molecule has 0 aliphatic carbocycles. The zero-order valence-corrected chi connectivity index (χ0v) is 13.6. The van der Waals surface area contributed by atoms with E-state index in [0.29, 0.717) is 5.82 Å². The summed E-state index contributed by atoms with van der Waals surface area (Å²) >= 11 is 0. The molecule has 1 unspecified atom stereocenters. The molecule has 0 radical (unpaired) electrons. The summed E-state index contributed by atoms with van der Waals surface area (Å²) in [5, 5.41) is 22.3. The maximum atomic E-state index is 10.1. The number of rotatable bonds is 6. The van der Waals surface area contributed by atoms with Gasteiger partial charge in [-0.05, 0) is 42.8 Å². The number of aliphatic hydroxyl groups is 1. The topological polar surface area (TPSA) is 86.0 Å². The summed E-state index contributed by atoms with van der Waals surface area (Å²) in [6, 6.07) is 9.59. The summed E-state index contributed by atoms with van der Waals surface area (Å²) in [5.74, 6) is 1.24. The van der Waals surface area contributed by atoms with Crippen molar-refractivity contribution in [1.82, 2.24) is 25.2 Å². The van der Waals surface area contributed by atoms with E-state index in [0.717, 1.165) is 16.9 Å². The normalized spacial score (nSPS) is 12.1. The van der Waals surface area contributed by atoms with Gasteiger partial charge in [0.15, 0.2) is 0 Å². The number of pyridine rings is 1. The van der Waals surface area contributed by atoms with Crippen LogP contribution in [0.3, 0.4) is 0 Å². The van der Waals surface area contributed by atoms with Gasteiger partial charge in [0, 0.05) is 18.0 Å². The van der Waals surface area contributed by atoms with Gasteiger partial charge in [-0.15, -0.1) is 10.2 Å². The highest BCUT2D eigenvalue weighted by Gasteiger charge is 2.12. The molecule has 0 amide bonds. The molecule has 0 bridgehead atoms. The van der Waals surface area contributed by atoms with Crippen molar-refractivity contribution in [2.24, 2.45) is 0 Å². The second-order valence-corrected chi connectivity index (χ2v) is 5.64. The van der Waals surface area contributed by atoms with E-state index < -0.39 is 6.10 Å². The van der Waals surface area contributed by atoms with Crippen LogP contribution in [0.5, 0.6) is 5.75 Å². The van der Waals surface area contributed by atoms with Crippen molar-refractivity contribution in [2.45, 2.75) is 26.5 Å². The van der Waals surface area contributed by atoms with Crippen molar-refractivity contribution < 1.29 is 9.84 Å². The Kier molecular flexibility index (Phi) is 4.81. The smallest absolute Gasteiger partial charge is 0.206 e. The Labute approximate surface area is 139 Å². The zero-order chi connectivity index (χ0) is 16.9. The maximum Gasteiger partial charge on any atom is 0.206 e. The quantitative estimate of drug-likeness (QED) is 0.743. The Morgan fingerprint density at radius 3 is 2.88 bits per heavy atom. The van der Waals surface area contributed by atoms with Crippen LogP contribution in [-0.4, -0.2) is 43.0 Å². The summed E-state index contributed by atoms with van der Waals surface area (Å²) in [5.41, 5.74) is 3.00. The molecule has 0 spiro atoms. The van der Waals surface area contributed by atoms with E-state index in [9.17, 15) is 5.11 Å². The molecule has 0 saturated carbocycles. The van der Waals surface area contributed by atoms with Crippen LogP contribution in [0, 0.1) is 13.8 Å². The molecule has 2 aromatic heterocycles. The minimum absolute atomic E-state index is 0.160. The molecule has 0 fully saturated rings. The Bertz CT molecular complexity index is 804. The first-order chi connectivity index (χ1) is 11.6. The average Bonchev–Trinajstić information content (AvgIpc) is 3.03. The number of hydrogen-bond donors (Lipinski definition) is 1. The van der Waals surface area contributed by atoms with Gasteiger partial charge in [0.1, 0.15) is 18.5 Å². The van der Waals surface area contributed by atoms with Crippen molar-refractivity contribution in [3.8, 4) is 17.1 Å². The van der Waals surface area contributed by atoms with Crippen molar-refractivity contribution in [3.63, 3.8) is 0 Å². The van der Waals surface area contributed by atoms with Crippen molar-refractivity contribution >= 4 is 0 Å². The number of nitrogens with zero attached hydrogens (tertiary/aromatic N) is 5. The molecule has 3 aromatic rings. The van der Waals surface area contributed by atoms with Gasteiger partial charge < -0.3 is 9.84 Å². The Morgan fingerprint density at radius 1 is 1.25 bits per heavy atom. The van der Waals surface area contributed by atoms with Crippen molar-refractivity contribution in [2.75, 3.05) is 6.61 Å². The molecule has 7 nitrogen and oxygen atoms in total. The van der Waals surface area contributed by atoms with Crippen LogP contribution in [0.1, 0.15) is 11.1 Å². The highest BCUT2D eigenvalue weighted by Crippen LogP contribution is 2.19. The molecule has 1 atom stereocenters. The molecule has 3 rings (SSSR count). The maximum absolute atomic E-state index is 10.1. The predicted molar refractivity (Wildman–Crippen MR) is 88.5 cm³/mol. The van der Waals surface area contributed by atoms with Gasteiger partial charge in [-0.2, -0.15) is 4.80 Å². The molecule has 24 heavy (non-hydrogen) atoms. The Hall–Kier alpha value is -2.80. The fraction of sp³-hybridized carbons (Fsp3) is 0.294. The molecule has 124 valence electrons. The van der Waals surface area contributed by atoms with Crippen LogP contribution in [0.15, 0.2) is 42.7 Å². The number of aryl methyl sites for hydroxylation is 2. The summed E-state index contributed by atoms with van der Waals surface area (Å²) in [6.45, 7) is 4.38. The molecular formula is C17H19N5O2. The van der Waals surface area contributed by atoms with Gasteiger partial charge >= 0.3 is 0 Å². The fourth-order valence-corrected chi connectivity index (χ4v) is 2.32. The number of hydrogen-bond acceptors (Lipinski definition) is 6. The lowest BCUT2D eigenvalue weighted by Gasteiger charge is -2.13. The Morgan fingerprint density at radius 2 is 2.12 bits per heavy atom. The van der Waals surface area contributed by atoms with Crippen molar-refractivity contribution in [1.29, 1.82) is 0 Å². The molecular weight excluding hydrogens is 306 g/mol. The number of tetrazole rings is 1. The minimum Gasteiger partial charge on any atom is -0.491 e. The van der Waals surface area contributed by atoms with Crippen LogP contribution in [0.2, 0.25) is 0 Å². The molecule has 0 aliphatic rings. The van der Waals surface area contributed by atoms with E-state index in [2.05, 4.69) is 20.4 Å². The molecule has 0 aliphatic heterocycles. The highest BCUT2D eigenvalue weighted by atomic mass is 16.5. The third kappa shape index (κ3) is 3.94. The van der Waals surface area contributed by atoms with Crippen molar-refractivity contribution in [3.05, 3.63) is 53.9 Å². The summed E-state index contributed by atoms with van der Waals surface area (Å²) in [7, 11) is 0. The molecule has 0 saturated heterocycles. The monoisotopic (exact) mass is 325 g/mol. The average molecular weight is 325 g/mol. The van der Waals surface area contributed by atoms with Crippen LogP contribution in [0.4, 0.5) is 0 Å². The van der Waals surface area contributed by atoms with E-state index in [1.165, 1.54) is 10.4 Å². The largest absolute Gasteiger partial charge is 0.491 e. The fourth-order valence-electron chi connectivity index (χ4n) is 2.32. The lowest BCUT2D eigenvalue weighted by Crippen LogP contribution is -2.25. The van der Waals surface area contributed by atoms with Crippen LogP contribution >= 0.6 is 0 Å². The SMILES string of the molecule is Cc1ccc(OCC(O)Cn2nnc(-c3cccnc3)n2)c(C)c1. The van der Waals surface area contributed by atoms with E-state index in [1.54, 1.807) is 12.4 Å². The van der Waals surface area contributed by atoms with Gasteiger partial charge in [-0.3, -0.25) is 4.98 Å². The van der Waals surface area contributed by atoms with Gasteiger partial charge in [0.05, 0.1) is 6.54 Å².